The highest BCUT2D eigenvalue weighted by Gasteiger charge is 2.31. The standard InChI is InChI=1S/C29H29F3N6O/c30-29(31,32)22-8-3-7-21(16-22)28(39)34-23-9-4-6-20(17-23)25-11-12-33-26-18-27(35-38(25)26)37-15-5-10-24(37)19-36-13-1-2-14-36/h3-4,6-9,11-12,16-18,24H,1-2,5,10,13-15,19H2,(H,34,39)/t24-/m0/s1. The van der Waals surface area contributed by atoms with Gasteiger partial charge in [0.15, 0.2) is 11.5 Å². The van der Waals surface area contributed by atoms with E-state index in [1.807, 2.05) is 22.7 Å². The molecular weight excluding hydrogens is 505 g/mol. The molecule has 0 spiro atoms. The number of fused-ring (bicyclic) bond motifs is 1. The van der Waals surface area contributed by atoms with Gasteiger partial charge in [0.1, 0.15) is 0 Å². The van der Waals surface area contributed by atoms with E-state index in [0.29, 0.717) is 11.7 Å². The summed E-state index contributed by atoms with van der Waals surface area (Å²) >= 11 is 0. The summed E-state index contributed by atoms with van der Waals surface area (Å²) in [6.07, 6.45) is 2.05. The molecule has 7 nitrogen and oxygen atoms in total. The fourth-order valence-corrected chi connectivity index (χ4v) is 5.63. The fourth-order valence-electron chi connectivity index (χ4n) is 5.63. The third-order valence-electron chi connectivity index (χ3n) is 7.55. The number of benzene rings is 2. The maximum Gasteiger partial charge on any atom is 0.416 e. The van der Waals surface area contributed by atoms with Gasteiger partial charge in [-0.3, -0.25) is 4.79 Å². The summed E-state index contributed by atoms with van der Waals surface area (Å²) in [5.74, 6) is 0.295. The third-order valence-corrected chi connectivity index (χ3v) is 7.55. The van der Waals surface area contributed by atoms with E-state index in [1.54, 1.807) is 24.4 Å². The van der Waals surface area contributed by atoms with E-state index >= 15 is 0 Å². The Labute approximate surface area is 224 Å². The average molecular weight is 535 g/mol. The molecular formula is C29H29F3N6O. The summed E-state index contributed by atoms with van der Waals surface area (Å²) in [5.41, 5.74) is 1.88. The van der Waals surface area contributed by atoms with E-state index in [1.165, 1.54) is 38.1 Å². The van der Waals surface area contributed by atoms with Crippen LogP contribution >= 0.6 is 0 Å². The van der Waals surface area contributed by atoms with Crippen LogP contribution in [0.2, 0.25) is 0 Å². The number of alkyl halides is 3. The minimum Gasteiger partial charge on any atom is -0.351 e. The first-order chi connectivity index (χ1) is 18.8. The van der Waals surface area contributed by atoms with Gasteiger partial charge >= 0.3 is 6.18 Å². The molecule has 0 aliphatic carbocycles. The summed E-state index contributed by atoms with van der Waals surface area (Å²) in [5, 5.41) is 7.66. The minimum atomic E-state index is -4.52. The van der Waals surface area contributed by atoms with Crippen molar-refractivity contribution >= 4 is 23.1 Å². The van der Waals surface area contributed by atoms with Crippen LogP contribution in [0.3, 0.4) is 0 Å². The van der Waals surface area contributed by atoms with Crippen LogP contribution in [0.5, 0.6) is 0 Å². The van der Waals surface area contributed by atoms with Crippen molar-refractivity contribution in [2.45, 2.75) is 37.9 Å². The van der Waals surface area contributed by atoms with Gasteiger partial charge in [0.05, 0.1) is 11.3 Å². The largest absolute Gasteiger partial charge is 0.416 e. The van der Waals surface area contributed by atoms with Crippen molar-refractivity contribution in [1.29, 1.82) is 0 Å². The van der Waals surface area contributed by atoms with Crippen LogP contribution in [-0.2, 0) is 6.18 Å². The normalized spacial score (nSPS) is 18.2. The van der Waals surface area contributed by atoms with Crippen molar-refractivity contribution in [1.82, 2.24) is 19.5 Å². The molecule has 0 bridgehead atoms. The van der Waals surface area contributed by atoms with Crippen LogP contribution in [0.15, 0.2) is 66.9 Å². The smallest absolute Gasteiger partial charge is 0.351 e. The van der Waals surface area contributed by atoms with E-state index in [2.05, 4.69) is 20.1 Å². The Morgan fingerprint density at radius 1 is 0.974 bits per heavy atom. The fraction of sp³-hybridized carbons (Fsp3) is 0.345. The molecule has 4 heterocycles. The first-order valence-corrected chi connectivity index (χ1v) is 13.3. The van der Waals surface area contributed by atoms with Crippen molar-refractivity contribution in [3.05, 3.63) is 78.0 Å². The molecule has 2 aromatic heterocycles. The number of hydrogen-bond acceptors (Lipinski definition) is 5. The lowest BCUT2D eigenvalue weighted by Gasteiger charge is -2.28. The predicted molar refractivity (Wildman–Crippen MR) is 144 cm³/mol. The Kier molecular flexibility index (Phi) is 6.72. The SMILES string of the molecule is O=C(Nc1cccc(-c2ccnc3cc(N4CCC[C@H]4CN4CCCC4)nn23)c1)c1cccc(C(F)(F)F)c1. The third kappa shape index (κ3) is 5.34. The average Bonchev–Trinajstić information content (AvgIpc) is 3.69. The van der Waals surface area contributed by atoms with Gasteiger partial charge in [-0.25, -0.2) is 9.50 Å². The Morgan fingerprint density at radius 2 is 1.79 bits per heavy atom. The first kappa shape index (κ1) is 25.4. The Morgan fingerprint density at radius 3 is 2.62 bits per heavy atom. The molecule has 2 aromatic carbocycles. The number of rotatable bonds is 6. The number of nitrogens with one attached hydrogen (secondary N) is 1. The zero-order valence-corrected chi connectivity index (χ0v) is 21.4. The first-order valence-electron chi connectivity index (χ1n) is 13.3. The zero-order valence-electron chi connectivity index (χ0n) is 21.4. The van der Waals surface area contributed by atoms with Gasteiger partial charge in [-0.1, -0.05) is 18.2 Å². The quantitative estimate of drug-likeness (QED) is 0.342. The van der Waals surface area contributed by atoms with Crippen molar-refractivity contribution in [3.8, 4) is 11.3 Å². The van der Waals surface area contributed by atoms with Gasteiger partial charge in [-0.2, -0.15) is 13.2 Å². The number of carbonyl (C=O) groups is 1. The monoisotopic (exact) mass is 534 g/mol. The van der Waals surface area contributed by atoms with Gasteiger partial charge < -0.3 is 15.1 Å². The van der Waals surface area contributed by atoms with Crippen molar-refractivity contribution in [2.24, 2.45) is 0 Å². The van der Waals surface area contributed by atoms with E-state index in [0.717, 1.165) is 60.8 Å². The molecule has 4 aromatic rings. The molecule has 6 rings (SSSR count). The Hall–Kier alpha value is -3.92. The van der Waals surface area contributed by atoms with Crippen molar-refractivity contribution in [2.75, 3.05) is 36.4 Å². The van der Waals surface area contributed by atoms with Gasteiger partial charge in [0.2, 0.25) is 0 Å². The van der Waals surface area contributed by atoms with Gasteiger partial charge in [0.25, 0.3) is 5.91 Å². The number of amides is 1. The summed E-state index contributed by atoms with van der Waals surface area (Å²) in [6, 6.07) is 15.9. The predicted octanol–water partition coefficient (Wildman–Crippen LogP) is 5.73. The number of likely N-dealkylation sites (tertiary alicyclic amines) is 1. The highest BCUT2D eigenvalue weighted by molar-refractivity contribution is 6.04. The number of anilines is 2. The Bertz CT molecular complexity index is 1490. The van der Waals surface area contributed by atoms with Crippen LogP contribution in [0, 0.1) is 0 Å². The molecule has 10 heteroatoms. The van der Waals surface area contributed by atoms with E-state index in [4.69, 9.17) is 5.10 Å². The van der Waals surface area contributed by atoms with Crippen LogP contribution < -0.4 is 10.2 Å². The summed E-state index contributed by atoms with van der Waals surface area (Å²) < 4.78 is 41.1. The number of halogens is 3. The van der Waals surface area contributed by atoms with Crippen molar-refractivity contribution in [3.63, 3.8) is 0 Å². The number of carbonyl (C=O) groups excluding carboxylic acids is 1. The number of hydrogen-bond donors (Lipinski definition) is 1. The molecule has 0 radical (unpaired) electrons. The molecule has 1 atom stereocenters. The van der Waals surface area contributed by atoms with E-state index < -0.39 is 17.6 Å². The molecule has 1 amide bonds. The lowest BCUT2D eigenvalue weighted by molar-refractivity contribution is -0.137. The Balaban J connectivity index is 1.24. The number of aromatic nitrogens is 3. The van der Waals surface area contributed by atoms with Gasteiger partial charge in [-0.15, -0.1) is 5.10 Å². The van der Waals surface area contributed by atoms with Crippen LogP contribution in [-0.4, -0.2) is 57.6 Å². The maximum absolute atomic E-state index is 13.1. The van der Waals surface area contributed by atoms with E-state index in [9.17, 15) is 18.0 Å². The summed E-state index contributed by atoms with van der Waals surface area (Å²) in [7, 11) is 0. The summed E-state index contributed by atoms with van der Waals surface area (Å²) in [4.78, 5) is 22.2. The van der Waals surface area contributed by atoms with Gasteiger partial charge in [-0.05, 0) is 75.2 Å². The maximum atomic E-state index is 13.1. The zero-order chi connectivity index (χ0) is 27.0. The molecule has 0 unspecified atom stereocenters. The topological polar surface area (TPSA) is 65.8 Å². The van der Waals surface area contributed by atoms with Crippen LogP contribution in [0.25, 0.3) is 16.9 Å². The van der Waals surface area contributed by atoms with E-state index in [-0.39, 0.29) is 5.56 Å². The van der Waals surface area contributed by atoms with Crippen LogP contribution in [0.1, 0.15) is 41.6 Å². The summed E-state index contributed by atoms with van der Waals surface area (Å²) in [6.45, 7) is 4.36. The van der Waals surface area contributed by atoms with Gasteiger partial charge in [0, 0.05) is 48.2 Å². The van der Waals surface area contributed by atoms with Crippen LogP contribution in [0.4, 0.5) is 24.7 Å². The second kappa shape index (κ2) is 10.3. The second-order valence-electron chi connectivity index (χ2n) is 10.2. The van der Waals surface area contributed by atoms with Crippen molar-refractivity contribution < 1.29 is 18.0 Å². The number of nitrogens with zero attached hydrogens (tertiary/aromatic N) is 5. The lowest BCUT2D eigenvalue weighted by atomic mass is 10.1. The highest BCUT2D eigenvalue weighted by Crippen LogP contribution is 2.31. The molecule has 2 fully saturated rings. The molecule has 202 valence electrons. The molecule has 1 N–H and O–H groups in total. The molecule has 2 saturated heterocycles. The molecule has 39 heavy (non-hydrogen) atoms. The second-order valence-corrected chi connectivity index (χ2v) is 10.2. The molecule has 2 aliphatic rings. The molecule has 2 aliphatic heterocycles. The minimum absolute atomic E-state index is 0.0626. The lowest BCUT2D eigenvalue weighted by Crippen LogP contribution is -2.39. The highest BCUT2D eigenvalue weighted by atomic mass is 19.4. The molecule has 0 saturated carbocycles.